The minimum Gasteiger partial charge on any atom is -0.389 e. The molecule has 9 aromatic rings. The van der Waals surface area contributed by atoms with E-state index in [-0.39, 0.29) is 0 Å². The van der Waals surface area contributed by atoms with Crippen molar-refractivity contribution in [2.24, 2.45) is 5.92 Å². The smallest absolute Gasteiger partial charge is 0.152 e. The third-order valence-corrected chi connectivity index (χ3v) is 10.5. The van der Waals surface area contributed by atoms with E-state index in [1.807, 2.05) is 91.5 Å². The van der Waals surface area contributed by atoms with Gasteiger partial charge in [0, 0.05) is 29.3 Å². The van der Waals surface area contributed by atoms with Crippen LogP contribution in [0.15, 0.2) is 79.1 Å². The summed E-state index contributed by atoms with van der Waals surface area (Å²) in [6.45, 7) is 19.7. The minimum atomic E-state index is -0.881. The van der Waals surface area contributed by atoms with Gasteiger partial charge in [-0.05, 0) is 65.3 Å². The summed E-state index contributed by atoms with van der Waals surface area (Å²) < 4.78 is 11.7. The Balaban J connectivity index is 0.000000145. The number of para-hydroxylation sites is 3. The molecule has 0 unspecified atom stereocenters. The van der Waals surface area contributed by atoms with Gasteiger partial charge in [-0.3, -0.25) is 0 Å². The highest BCUT2D eigenvalue weighted by atomic mass is 16.5. The van der Waals surface area contributed by atoms with Gasteiger partial charge in [-0.2, -0.15) is 0 Å². The second kappa shape index (κ2) is 18.7. The van der Waals surface area contributed by atoms with E-state index in [9.17, 15) is 10.2 Å². The first kappa shape index (κ1) is 45.6. The lowest BCUT2D eigenvalue weighted by atomic mass is 10.1. The molecule has 0 saturated carbocycles. The first-order valence-electron chi connectivity index (χ1n) is 21.8. The van der Waals surface area contributed by atoms with Crippen LogP contribution in [0.2, 0.25) is 0 Å². The Morgan fingerprint density at radius 3 is 1.52 bits per heavy atom. The topological polar surface area (TPSA) is 232 Å². The maximum Gasteiger partial charge on any atom is 0.152 e. The Hall–Kier alpha value is -6.46. The molecule has 9 N–H and O–H groups in total. The first-order valence-corrected chi connectivity index (χ1v) is 21.8. The molecule has 0 saturated heterocycles. The monoisotopic (exact) mass is 868 g/mol. The largest absolute Gasteiger partial charge is 0.389 e. The van der Waals surface area contributed by atoms with Crippen LogP contribution in [0.4, 0.5) is 17.5 Å². The summed E-state index contributed by atoms with van der Waals surface area (Å²) in [6, 6.07) is 23.7. The Labute approximate surface area is 372 Å². The molecule has 0 radical (unpaired) electrons. The standard InChI is InChI=1S/C17H23N5O.C17H22N4O2.C14H16N4/c1-4-19-9-13-21-14-15(22(13)10-17(2,3)23)11-7-5-6-8-12(11)20-16(14)18;1-4-23-9-13-20-14-15(21(13)10-17(2,3)22)11-7-5-6-8-12(11)19-16(14)18;1-9(2)7-18-8-16-12-13(18)10-5-3-4-6-11(10)17-14(12)15/h5-8,19,23H,4,9-10H2,1-3H3,(H2,18,20);5-8,22H,4,9-10H2,1-3H3,(H2,18,19);3-6,8-9H,7H2,1-2H3,(H2,15,17). The molecular formula is C48H61N13O3. The number of anilines is 3. The van der Waals surface area contributed by atoms with Gasteiger partial charge in [-0.15, -0.1) is 0 Å². The molecule has 0 aliphatic rings. The van der Waals surface area contributed by atoms with Crippen LogP contribution in [0.1, 0.15) is 67.0 Å². The maximum atomic E-state index is 10.3. The molecule has 0 bridgehead atoms. The molecule has 336 valence electrons. The van der Waals surface area contributed by atoms with Crippen LogP contribution in [0.25, 0.3) is 65.8 Å². The van der Waals surface area contributed by atoms with E-state index in [4.69, 9.17) is 21.9 Å². The van der Waals surface area contributed by atoms with E-state index in [1.54, 1.807) is 27.7 Å². The molecule has 0 aliphatic carbocycles. The van der Waals surface area contributed by atoms with Crippen molar-refractivity contribution in [3.63, 3.8) is 0 Å². The molecule has 0 fully saturated rings. The molecule has 0 spiro atoms. The van der Waals surface area contributed by atoms with Crippen molar-refractivity contribution in [1.82, 2.24) is 48.9 Å². The summed E-state index contributed by atoms with van der Waals surface area (Å²) in [5.41, 5.74) is 24.1. The lowest BCUT2D eigenvalue weighted by Crippen LogP contribution is -2.28. The van der Waals surface area contributed by atoms with Gasteiger partial charge >= 0.3 is 0 Å². The SMILES string of the molecule is CC(C)Cn1cnc2c(N)nc3ccccc3c21.CCNCc1nc2c(N)nc3ccccc3c2n1CC(C)(C)O.CCOCc1nc2c(N)nc3ccccc3c2n1CC(C)(C)O. The minimum absolute atomic E-state index is 0.370. The van der Waals surface area contributed by atoms with Crippen LogP contribution in [-0.4, -0.2) is 78.2 Å². The van der Waals surface area contributed by atoms with Gasteiger partial charge in [0.2, 0.25) is 0 Å². The van der Waals surface area contributed by atoms with Crippen LogP contribution in [-0.2, 0) is 37.5 Å². The van der Waals surface area contributed by atoms with E-state index in [2.05, 4.69) is 64.3 Å². The molecule has 0 aliphatic heterocycles. The quantitative estimate of drug-likeness (QED) is 0.0706. The second-order valence-electron chi connectivity index (χ2n) is 17.7. The highest BCUT2D eigenvalue weighted by Crippen LogP contribution is 2.32. The zero-order valence-electron chi connectivity index (χ0n) is 38.1. The predicted molar refractivity (Wildman–Crippen MR) is 258 cm³/mol. The highest BCUT2D eigenvalue weighted by Gasteiger charge is 2.24. The van der Waals surface area contributed by atoms with E-state index in [0.717, 1.165) is 79.5 Å². The van der Waals surface area contributed by atoms with Crippen molar-refractivity contribution in [1.29, 1.82) is 0 Å². The molecule has 6 aromatic heterocycles. The molecule has 64 heavy (non-hydrogen) atoms. The van der Waals surface area contributed by atoms with Crippen molar-refractivity contribution in [3.8, 4) is 0 Å². The number of rotatable bonds is 12. The normalized spacial score (nSPS) is 12.2. The van der Waals surface area contributed by atoms with Crippen molar-refractivity contribution in [2.45, 2.75) is 99.4 Å². The molecule has 0 amide bonds. The van der Waals surface area contributed by atoms with Gasteiger partial charge in [-0.25, -0.2) is 29.9 Å². The number of imidazole rings is 3. The number of nitrogens with zero attached hydrogens (tertiary/aromatic N) is 9. The number of nitrogen functional groups attached to an aromatic ring is 3. The second-order valence-corrected chi connectivity index (χ2v) is 17.7. The Morgan fingerprint density at radius 1 is 0.625 bits per heavy atom. The number of nitrogens with two attached hydrogens (primary N) is 3. The van der Waals surface area contributed by atoms with Gasteiger partial charge in [0.15, 0.2) is 17.5 Å². The fraction of sp³-hybridized carbons (Fsp3) is 0.375. The number of ether oxygens (including phenoxy) is 1. The number of benzene rings is 3. The molecule has 16 heteroatoms. The summed E-state index contributed by atoms with van der Waals surface area (Å²) in [5.74, 6) is 3.49. The van der Waals surface area contributed by atoms with E-state index >= 15 is 0 Å². The molecule has 0 atom stereocenters. The van der Waals surface area contributed by atoms with Crippen LogP contribution < -0.4 is 22.5 Å². The number of aromatic nitrogens is 9. The van der Waals surface area contributed by atoms with Crippen LogP contribution >= 0.6 is 0 Å². The third kappa shape index (κ3) is 9.85. The van der Waals surface area contributed by atoms with Gasteiger partial charge < -0.3 is 51.2 Å². The van der Waals surface area contributed by atoms with E-state index in [0.29, 0.717) is 67.3 Å². The number of hydrogen-bond acceptors (Lipinski definition) is 13. The van der Waals surface area contributed by atoms with E-state index in [1.165, 1.54) is 0 Å². The van der Waals surface area contributed by atoms with Crippen molar-refractivity contribution in [2.75, 3.05) is 30.4 Å². The Kier molecular flexibility index (Phi) is 13.3. The van der Waals surface area contributed by atoms with Gasteiger partial charge in [0.25, 0.3) is 0 Å². The number of aliphatic hydroxyl groups is 2. The Bertz CT molecular complexity index is 2920. The van der Waals surface area contributed by atoms with Crippen LogP contribution in [0.3, 0.4) is 0 Å². The maximum absolute atomic E-state index is 10.3. The van der Waals surface area contributed by atoms with Gasteiger partial charge in [0.1, 0.15) is 34.8 Å². The molecule has 9 rings (SSSR count). The van der Waals surface area contributed by atoms with E-state index < -0.39 is 11.2 Å². The summed E-state index contributed by atoms with van der Waals surface area (Å²) in [6.07, 6.45) is 1.86. The zero-order chi connectivity index (χ0) is 45.9. The third-order valence-electron chi connectivity index (χ3n) is 10.5. The highest BCUT2D eigenvalue weighted by molar-refractivity contribution is 6.08. The molecule has 3 aromatic carbocycles. The molecule has 16 nitrogen and oxygen atoms in total. The van der Waals surface area contributed by atoms with Crippen molar-refractivity contribution < 1.29 is 14.9 Å². The number of hydrogen-bond donors (Lipinski definition) is 6. The van der Waals surface area contributed by atoms with Crippen molar-refractivity contribution >= 4 is 83.3 Å². The predicted octanol–water partition coefficient (Wildman–Crippen LogP) is 7.34. The summed E-state index contributed by atoms with van der Waals surface area (Å²) >= 11 is 0. The zero-order valence-corrected chi connectivity index (χ0v) is 38.1. The molecular weight excluding hydrogens is 807 g/mol. The fourth-order valence-corrected chi connectivity index (χ4v) is 7.94. The van der Waals surface area contributed by atoms with Crippen molar-refractivity contribution in [3.05, 3.63) is 90.8 Å². The summed E-state index contributed by atoms with van der Waals surface area (Å²) in [7, 11) is 0. The lowest BCUT2D eigenvalue weighted by Gasteiger charge is -2.20. The number of fused-ring (bicyclic) bond motifs is 9. The first-order chi connectivity index (χ1) is 30.5. The van der Waals surface area contributed by atoms with Gasteiger partial charge in [0.05, 0.1) is 70.3 Å². The van der Waals surface area contributed by atoms with Gasteiger partial charge in [-0.1, -0.05) is 75.4 Å². The average molecular weight is 868 g/mol. The number of pyridine rings is 3. The van der Waals surface area contributed by atoms with Crippen LogP contribution in [0, 0.1) is 5.92 Å². The Morgan fingerprint density at radius 2 is 1.06 bits per heavy atom. The fourth-order valence-electron chi connectivity index (χ4n) is 7.94. The summed E-state index contributed by atoms with van der Waals surface area (Å²) in [5, 5.41) is 27.0. The van der Waals surface area contributed by atoms with Crippen LogP contribution in [0.5, 0.6) is 0 Å². The average Bonchev–Trinajstić information content (AvgIpc) is 3.93. The lowest BCUT2D eigenvalue weighted by molar-refractivity contribution is 0.0581. The number of nitrogens with one attached hydrogen (secondary N) is 1. The molecule has 6 heterocycles. The summed E-state index contributed by atoms with van der Waals surface area (Å²) in [4.78, 5) is 27.0.